The van der Waals surface area contributed by atoms with E-state index in [1.54, 1.807) is 30.7 Å². The van der Waals surface area contributed by atoms with Gasteiger partial charge in [-0.1, -0.05) is 6.07 Å². The molecule has 5 rings (SSSR count). The van der Waals surface area contributed by atoms with Gasteiger partial charge < -0.3 is 25.1 Å². The maximum Gasteiger partial charge on any atom is 0.261 e. The lowest BCUT2D eigenvalue weighted by Crippen LogP contribution is -2.27. The van der Waals surface area contributed by atoms with Crippen LogP contribution in [0, 0.1) is 18.7 Å². The van der Waals surface area contributed by atoms with Crippen molar-refractivity contribution in [2.45, 2.75) is 26.3 Å². The number of carbonyl (C=O) groups excluding carboxylic acids is 1. The van der Waals surface area contributed by atoms with Gasteiger partial charge in [0.1, 0.15) is 22.9 Å². The number of nitrogens with zero attached hydrogens (tertiary/aromatic N) is 3. The molecule has 3 N–H and O–H groups in total. The van der Waals surface area contributed by atoms with Gasteiger partial charge in [0, 0.05) is 55.8 Å². The summed E-state index contributed by atoms with van der Waals surface area (Å²) in [6.07, 6.45) is 8.23. The standard InChI is InChI=1S/C30H30FN5O4/c1-18-3-6-25(34-14-18)22-16-36(15-19-8-11-40-12-9-19)17-23(28(22)37)30(38)35-20-4-5-21(24(31)13-20)27-26(39-2)7-10-33-29(27)32/h3-7,10,13-14,16-17,19H,8-9,11-12,15H2,1-2H3,(H2,32,33)(H,35,38). The van der Waals surface area contributed by atoms with E-state index < -0.39 is 17.2 Å². The van der Waals surface area contributed by atoms with Crippen LogP contribution in [0.1, 0.15) is 28.8 Å². The fraction of sp³-hybridized carbons (Fsp3) is 0.267. The van der Waals surface area contributed by atoms with Gasteiger partial charge in [-0.3, -0.25) is 14.6 Å². The molecule has 0 atom stereocenters. The van der Waals surface area contributed by atoms with Gasteiger partial charge in [0.15, 0.2) is 0 Å². The number of hydrogen-bond acceptors (Lipinski definition) is 7. The number of aromatic nitrogens is 3. The molecular formula is C30H30FN5O4. The van der Waals surface area contributed by atoms with Crippen LogP contribution in [0.3, 0.4) is 0 Å². The summed E-state index contributed by atoms with van der Waals surface area (Å²) >= 11 is 0. The Hall–Kier alpha value is -4.57. The molecule has 1 aromatic carbocycles. The zero-order chi connectivity index (χ0) is 28.2. The maximum absolute atomic E-state index is 15.2. The largest absolute Gasteiger partial charge is 0.496 e. The molecule has 206 valence electrons. The Balaban J connectivity index is 1.48. The lowest BCUT2D eigenvalue weighted by atomic mass is 10.00. The maximum atomic E-state index is 15.2. The van der Waals surface area contributed by atoms with Crippen LogP contribution in [-0.2, 0) is 11.3 Å². The van der Waals surface area contributed by atoms with Gasteiger partial charge >= 0.3 is 0 Å². The molecule has 0 aliphatic carbocycles. The number of hydrogen-bond donors (Lipinski definition) is 2. The van der Waals surface area contributed by atoms with Gasteiger partial charge in [0.05, 0.1) is 23.9 Å². The van der Waals surface area contributed by atoms with Gasteiger partial charge in [-0.25, -0.2) is 9.37 Å². The second kappa shape index (κ2) is 11.7. The second-order valence-corrected chi connectivity index (χ2v) is 9.81. The van der Waals surface area contributed by atoms with E-state index in [1.807, 2.05) is 17.6 Å². The Bertz CT molecular complexity index is 1600. The van der Waals surface area contributed by atoms with Gasteiger partial charge in [0.25, 0.3) is 5.91 Å². The summed E-state index contributed by atoms with van der Waals surface area (Å²) in [4.78, 5) is 35.3. The van der Waals surface area contributed by atoms with Crippen LogP contribution in [0.4, 0.5) is 15.9 Å². The summed E-state index contributed by atoms with van der Waals surface area (Å²) in [5.74, 6) is -0.448. The van der Waals surface area contributed by atoms with Crippen molar-refractivity contribution in [2.24, 2.45) is 5.92 Å². The second-order valence-electron chi connectivity index (χ2n) is 9.81. The first kappa shape index (κ1) is 27.0. The van der Waals surface area contributed by atoms with Crippen LogP contribution >= 0.6 is 0 Å². The number of halogens is 1. The predicted octanol–water partition coefficient (Wildman–Crippen LogP) is 4.69. The number of aryl methyl sites for hydroxylation is 1. The Morgan fingerprint density at radius 1 is 1.15 bits per heavy atom. The zero-order valence-electron chi connectivity index (χ0n) is 22.3. The number of amides is 1. The summed E-state index contributed by atoms with van der Waals surface area (Å²) in [6.45, 7) is 3.90. The van der Waals surface area contributed by atoms with E-state index >= 15 is 4.39 Å². The van der Waals surface area contributed by atoms with Crippen molar-refractivity contribution in [3.8, 4) is 28.1 Å². The van der Waals surface area contributed by atoms with Crippen LogP contribution in [0.15, 0.2) is 66.0 Å². The molecular weight excluding hydrogens is 513 g/mol. The number of pyridine rings is 3. The van der Waals surface area contributed by atoms with Gasteiger partial charge in [0.2, 0.25) is 5.43 Å². The van der Waals surface area contributed by atoms with Crippen molar-refractivity contribution in [3.05, 3.63) is 88.4 Å². The molecule has 0 saturated carbocycles. The third kappa shape index (κ3) is 5.72. The minimum Gasteiger partial charge on any atom is -0.496 e. The third-order valence-electron chi connectivity index (χ3n) is 6.98. The normalized spacial score (nSPS) is 13.7. The van der Waals surface area contributed by atoms with Gasteiger partial charge in [-0.15, -0.1) is 0 Å². The average Bonchev–Trinajstić information content (AvgIpc) is 2.95. The van der Waals surface area contributed by atoms with Crippen molar-refractivity contribution in [1.29, 1.82) is 0 Å². The van der Waals surface area contributed by atoms with Crippen LogP contribution in [0.2, 0.25) is 0 Å². The average molecular weight is 544 g/mol. The minimum absolute atomic E-state index is 0.0606. The smallest absolute Gasteiger partial charge is 0.261 e. The highest BCUT2D eigenvalue weighted by molar-refractivity contribution is 6.04. The number of anilines is 2. The molecule has 3 aromatic heterocycles. The number of methoxy groups -OCH3 is 1. The molecule has 0 unspecified atom stereocenters. The molecule has 0 radical (unpaired) electrons. The van der Waals surface area contributed by atoms with E-state index in [1.165, 1.54) is 31.5 Å². The van der Waals surface area contributed by atoms with Crippen molar-refractivity contribution in [3.63, 3.8) is 0 Å². The molecule has 1 aliphatic heterocycles. The lowest BCUT2D eigenvalue weighted by molar-refractivity contribution is 0.0612. The summed E-state index contributed by atoms with van der Waals surface area (Å²) in [5.41, 5.74) is 7.89. The SMILES string of the molecule is COc1ccnc(N)c1-c1ccc(NC(=O)c2cn(CC3CCOCC3)cc(-c3ccc(C)cn3)c2=O)cc1F. The number of carbonyl (C=O) groups is 1. The molecule has 10 heteroatoms. The van der Waals surface area contributed by atoms with Crippen LogP contribution in [0.5, 0.6) is 5.75 Å². The first-order valence-corrected chi connectivity index (χ1v) is 13.0. The topological polar surface area (TPSA) is 121 Å². The molecule has 0 spiro atoms. The molecule has 0 bridgehead atoms. The molecule has 40 heavy (non-hydrogen) atoms. The number of rotatable bonds is 7. The van der Waals surface area contributed by atoms with E-state index in [9.17, 15) is 9.59 Å². The quantitative estimate of drug-likeness (QED) is 0.347. The summed E-state index contributed by atoms with van der Waals surface area (Å²) < 4.78 is 27.9. The highest BCUT2D eigenvalue weighted by Gasteiger charge is 2.21. The third-order valence-corrected chi connectivity index (χ3v) is 6.98. The van der Waals surface area contributed by atoms with Gasteiger partial charge in [-0.2, -0.15) is 0 Å². The first-order valence-electron chi connectivity index (χ1n) is 13.0. The molecule has 1 saturated heterocycles. The van der Waals surface area contributed by atoms with Gasteiger partial charge in [-0.05, 0) is 61.6 Å². The van der Waals surface area contributed by atoms with Crippen molar-refractivity contribution >= 4 is 17.4 Å². The van der Waals surface area contributed by atoms with E-state index in [-0.39, 0.29) is 22.6 Å². The van der Waals surface area contributed by atoms with Crippen LogP contribution in [0.25, 0.3) is 22.4 Å². The number of ether oxygens (including phenoxy) is 2. The summed E-state index contributed by atoms with van der Waals surface area (Å²) in [6, 6.07) is 9.41. The Labute approximate surface area is 230 Å². The van der Waals surface area contributed by atoms with Crippen LogP contribution in [-0.4, -0.2) is 40.8 Å². The zero-order valence-corrected chi connectivity index (χ0v) is 22.3. The monoisotopic (exact) mass is 543 g/mol. The highest BCUT2D eigenvalue weighted by Crippen LogP contribution is 2.36. The lowest BCUT2D eigenvalue weighted by Gasteiger charge is -2.23. The predicted molar refractivity (Wildman–Crippen MR) is 151 cm³/mol. The Kier molecular flexibility index (Phi) is 7.88. The number of nitrogens with one attached hydrogen (secondary N) is 1. The number of nitrogens with two attached hydrogens (primary N) is 1. The van der Waals surface area contributed by atoms with Crippen LogP contribution < -0.4 is 21.2 Å². The first-order chi connectivity index (χ1) is 19.3. The Morgan fingerprint density at radius 3 is 2.65 bits per heavy atom. The fourth-order valence-electron chi connectivity index (χ4n) is 4.83. The van der Waals surface area contributed by atoms with Crippen molar-refractivity contribution in [2.75, 3.05) is 31.4 Å². The molecule has 1 aliphatic rings. The van der Waals surface area contributed by atoms with E-state index in [4.69, 9.17) is 15.2 Å². The molecule has 9 nitrogen and oxygen atoms in total. The Morgan fingerprint density at radius 2 is 1.95 bits per heavy atom. The van der Waals surface area contributed by atoms with E-state index in [0.29, 0.717) is 48.2 Å². The summed E-state index contributed by atoms with van der Waals surface area (Å²) in [7, 11) is 1.46. The molecule has 1 amide bonds. The fourth-order valence-corrected chi connectivity index (χ4v) is 4.83. The molecule has 4 aromatic rings. The number of nitrogen functional groups attached to an aromatic ring is 1. The molecule has 1 fully saturated rings. The number of benzene rings is 1. The molecule has 4 heterocycles. The summed E-state index contributed by atoms with van der Waals surface area (Å²) in [5, 5.41) is 2.67. The van der Waals surface area contributed by atoms with E-state index in [0.717, 1.165) is 18.4 Å². The van der Waals surface area contributed by atoms with Crippen molar-refractivity contribution in [1.82, 2.24) is 14.5 Å². The van der Waals surface area contributed by atoms with E-state index in [2.05, 4.69) is 15.3 Å². The highest BCUT2D eigenvalue weighted by atomic mass is 19.1. The van der Waals surface area contributed by atoms with Crippen molar-refractivity contribution < 1.29 is 18.7 Å². The minimum atomic E-state index is -0.648.